The summed E-state index contributed by atoms with van der Waals surface area (Å²) in [6, 6.07) is -0.152. The Morgan fingerprint density at radius 1 is 1.57 bits per heavy atom. The van der Waals surface area contributed by atoms with E-state index in [1.165, 1.54) is 0 Å². The molecule has 0 spiro atoms. The molecule has 0 aliphatic carbocycles. The maximum atomic E-state index is 10.7. The number of rotatable bonds is 5. The van der Waals surface area contributed by atoms with Crippen molar-refractivity contribution in [1.82, 2.24) is 20.9 Å². The fraction of sp³-hybridized carbons (Fsp3) is 0.500. The molecular weight excluding hydrogens is 200 g/mol. The van der Waals surface area contributed by atoms with Crippen molar-refractivity contribution < 1.29 is 4.79 Å². The Morgan fingerprint density at radius 2 is 2.43 bits per heavy atom. The minimum atomic E-state index is -0.152. The summed E-state index contributed by atoms with van der Waals surface area (Å²) in [6.45, 7) is 2.12. The Balaban J connectivity index is 1.97. The van der Waals surface area contributed by atoms with E-state index >= 15 is 0 Å². The van der Waals surface area contributed by atoms with Crippen molar-refractivity contribution >= 4 is 17.4 Å². The molecular formula is C8H14N4OS. The molecule has 2 amide bonds. The van der Waals surface area contributed by atoms with E-state index in [0.29, 0.717) is 6.54 Å². The molecule has 0 aromatic carbocycles. The Hall–Kier alpha value is -1.14. The molecule has 3 N–H and O–H groups in total. The van der Waals surface area contributed by atoms with Crippen LogP contribution in [0.4, 0.5) is 4.79 Å². The zero-order chi connectivity index (χ0) is 10.2. The maximum absolute atomic E-state index is 10.7. The van der Waals surface area contributed by atoms with Gasteiger partial charge in [-0.05, 0) is 0 Å². The van der Waals surface area contributed by atoms with Crippen LogP contribution in [0.15, 0.2) is 11.6 Å². The lowest BCUT2D eigenvalue weighted by atomic mass is 10.5. The van der Waals surface area contributed by atoms with Crippen molar-refractivity contribution in [3.63, 3.8) is 0 Å². The first-order valence-corrected chi connectivity index (χ1v) is 5.25. The van der Waals surface area contributed by atoms with Gasteiger partial charge in [0.15, 0.2) is 0 Å². The molecule has 0 saturated heterocycles. The van der Waals surface area contributed by atoms with Crippen LogP contribution in [0.25, 0.3) is 0 Å². The summed E-state index contributed by atoms with van der Waals surface area (Å²) in [4.78, 5) is 14.9. The van der Waals surface area contributed by atoms with Crippen molar-refractivity contribution in [2.24, 2.45) is 0 Å². The molecule has 0 atom stereocenters. The molecule has 0 radical (unpaired) electrons. The molecule has 1 aromatic rings. The van der Waals surface area contributed by atoms with E-state index < -0.39 is 0 Å². The third-order valence-corrected chi connectivity index (χ3v) is 2.35. The van der Waals surface area contributed by atoms with Gasteiger partial charge in [0, 0.05) is 38.3 Å². The van der Waals surface area contributed by atoms with Gasteiger partial charge in [0.25, 0.3) is 0 Å². The second-order valence-corrected chi connectivity index (χ2v) is 3.59. The van der Waals surface area contributed by atoms with E-state index in [4.69, 9.17) is 0 Å². The van der Waals surface area contributed by atoms with Gasteiger partial charge in [-0.15, -0.1) is 11.3 Å². The molecule has 0 unspecified atom stereocenters. The number of carbonyl (C=O) groups excluding carboxylic acids is 1. The van der Waals surface area contributed by atoms with Crippen LogP contribution in [0.5, 0.6) is 0 Å². The van der Waals surface area contributed by atoms with Gasteiger partial charge in [-0.3, -0.25) is 0 Å². The van der Waals surface area contributed by atoms with Crippen molar-refractivity contribution in [1.29, 1.82) is 0 Å². The summed E-state index contributed by atoms with van der Waals surface area (Å²) < 4.78 is 0. The van der Waals surface area contributed by atoms with Gasteiger partial charge >= 0.3 is 6.03 Å². The molecule has 1 rings (SSSR count). The first-order valence-electron chi connectivity index (χ1n) is 4.37. The quantitative estimate of drug-likeness (QED) is 0.612. The average Bonchev–Trinajstić information content (AvgIpc) is 2.69. The van der Waals surface area contributed by atoms with Gasteiger partial charge < -0.3 is 16.0 Å². The van der Waals surface area contributed by atoms with Gasteiger partial charge in [0.05, 0.1) is 0 Å². The van der Waals surface area contributed by atoms with Crippen LogP contribution >= 0.6 is 11.3 Å². The molecule has 14 heavy (non-hydrogen) atoms. The molecule has 6 heteroatoms. The average molecular weight is 214 g/mol. The topological polar surface area (TPSA) is 66.1 Å². The number of nitrogens with one attached hydrogen (secondary N) is 3. The third-order valence-electron chi connectivity index (χ3n) is 1.57. The van der Waals surface area contributed by atoms with Gasteiger partial charge in [-0.2, -0.15) is 0 Å². The Morgan fingerprint density at radius 3 is 3.07 bits per heavy atom. The van der Waals surface area contributed by atoms with Crippen LogP contribution in [0, 0.1) is 0 Å². The SMILES string of the molecule is CNC(=O)NCCNCc1nccs1. The first-order chi connectivity index (χ1) is 6.83. The molecule has 0 aliphatic rings. The van der Waals surface area contributed by atoms with Crippen LogP contribution < -0.4 is 16.0 Å². The van der Waals surface area contributed by atoms with Crippen molar-refractivity contribution in [3.05, 3.63) is 16.6 Å². The van der Waals surface area contributed by atoms with Crippen molar-refractivity contribution in [2.75, 3.05) is 20.1 Å². The Kier molecular flexibility index (Phi) is 4.95. The Bertz CT molecular complexity index is 262. The molecule has 1 aromatic heterocycles. The number of amides is 2. The summed E-state index contributed by atoms with van der Waals surface area (Å²) in [6.07, 6.45) is 1.78. The lowest BCUT2D eigenvalue weighted by molar-refractivity contribution is 0.243. The third kappa shape index (κ3) is 4.20. The van der Waals surface area contributed by atoms with Crippen molar-refractivity contribution in [3.8, 4) is 0 Å². The largest absolute Gasteiger partial charge is 0.341 e. The molecule has 0 bridgehead atoms. The number of carbonyl (C=O) groups is 1. The number of hydrogen-bond acceptors (Lipinski definition) is 4. The summed E-state index contributed by atoms with van der Waals surface area (Å²) >= 11 is 1.62. The van der Waals surface area contributed by atoms with E-state index in [0.717, 1.165) is 18.1 Å². The highest BCUT2D eigenvalue weighted by atomic mass is 32.1. The van der Waals surface area contributed by atoms with Gasteiger partial charge in [0.2, 0.25) is 0 Å². The smallest absolute Gasteiger partial charge is 0.314 e. The zero-order valence-electron chi connectivity index (χ0n) is 8.04. The minimum Gasteiger partial charge on any atom is -0.341 e. The second-order valence-electron chi connectivity index (χ2n) is 2.61. The fourth-order valence-electron chi connectivity index (χ4n) is 0.888. The molecule has 0 aliphatic heterocycles. The van der Waals surface area contributed by atoms with E-state index in [9.17, 15) is 4.79 Å². The molecule has 0 fully saturated rings. The molecule has 0 saturated carbocycles. The standard InChI is InChI=1S/C8H14N4OS/c1-9-8(13)12-3-2-10-6-7-11-4-5-14-7/h4-5,10H,2-3,6H2,1H3,(H2,9,12,13). The first kappa shape index (κ1) is 10.9. The predicted octanol–water partition coefficient (Wildman–Crippen LogP) is 0.162. The highest BCUT2D eigenvalue weighted by Gasteiger charge is 1.95. The maximum Gasteiger partial charge on any atom is 0.314 e. The number of nitrogens with zero attached hydrogens (tertiary/aromatic N) is 1. The van der Waals surface area contributed by atoms with Gasteiger partial charge in [-0.1, -0.05) is 0 Å². The normalized spacial score (nSPS) is 9.79. The summed E-state index contributed by atoms with van der Waals surface area (Å²) in [5.41, 5.74) is 0. The minimum absolute atomic E-state index is 0.152. The van der Waals surface area contributed by atoms with Gasteiger partial charge in [-0.25, -0.2) is 9.78 Å². The number of urea groups is 1. The second kappa shape index (κ2) is 6.33. The van der Waals surface area contributed by atoms with E-state index in [1.54, 1.807) is 24.6 Å². The molecule has 5 nitrogen and oxygen atoms in total. The van der Waals surface area contributed by atoms with Crippen LogP contribution in [0.1, 0.15) is 5.01 Å². The van der Waals surface area contributed by atoms with Gasteiger partial charge in [0.1, 0.15) is 5.01 Å². The fourth-order valence-corrected chi connectivity index (χ4v) is 1.47. The van der Waals surface area contributed by atoms with Crippen LogP contribution in [0.2, 0.25) is 0 Å². The predicted molar refractivity (Wildman–Crippen MR) is 56.3 cm³/mol. The Labute approximate surface area is 86.9 Å². The summed E-state index contributed by atoms with van der Waals surface area (Å²) in [7, 11) is 1.60. The number of aromatic nitrogens is 1. The highest BCUT2D eigenvalue weighted by molar-refractivity contribution is 7.09. The van der Waals surface area contributed by atoms with Crippen LogP contribution in [-0.4, -0.2) is 31.2 Å². The number of hydrogen-bond donors (Lipinski definition) is 3. The highest BCUT2D eigenvalue weighted by Crippen LogP contribution is 2.01. The van der Waals surface area contributed by atoms with Crippen LogP contribution in [0.3, 0.4) is 0 Å². The van der Waals surface area contributed by atoms with E-state index in [-0.39, 0.29) is 6.03 Å². The lowest BCUT2D eigenvalue weighted by Crippen LogP contribution is -2.37. The number of thiazole rings is 1. The van der Waals surface area contributed by atoms with E-state index in [2.05, 4.69) is 20.9 Å². The summed E-state index contributed by atoms with van der Waals surface area (Å²) in [5.74, 6) is 0. The van der Waals surface area contributed by atoms with E-state index in [1.807, 2.05) is 5.38 Å². The van der Waals surface area contributed by atoms with Crippen molar-refractivity contribution in [2.45, 2.75) is 6.54 Å². The lowest BCUT2D eigenvalue weighted by Gasteiger charge is -2.04. The van der Waals surface area contributed by atoms with Crippen LogP contribution in [-0.2, 0) is 6.54 Å². The molecule has 1 heterocycles. The zero-order valence-corrected chi connectivity index (χ0v) is 8.86. The summed E-state index contributed by atoms with van der Waals surface area (Å²) in [5, 5.41) is 11.3. The molecule has 78 valence electrons. The monoisotopic (exact) mass is 214 g/mol.